The molecule has 0 atom stereocenters. The summed E-state index contributed by atoms with van der Waals surface area (Å²) in [6, 6.07) is 8.60. The van der Waals surface area contributed by atoms with Gasteiger partial charge in [-0.2, -0.15) is 0 Å². The number of carbonyl (C=O) groups is 1. The van der Waals surface area contributed by atoms with Gasteiger partial charge in [0.15, 0.2) is 5.76 Å². The Bertz CT molecular complexity index is 915. The molecule has 29 heavy (non-hydrogen) atoms. The predicted octanol–water partition coefficient (Wildman–Crippen LogP) is 4.33. The van der Waals surface area contributed by atoms with Crippen molar-refractivity contribution in [3.63, 3.8) is 0 Å². The highest BCUT2D eigenvalue weighted by Gasteiger charge is 2.27. The lowest BCUT2D eigenvalue weighted by atomic mass is 10.1. The lowest BCUT2D eigenvalue weighted by molar-refractivity contribution is 0.0702. The molecule has 0 aliphatic rings. The maximum atomic E-state index is 13.2. The zero-order chi connectivity index (χ0) is 21.7. The molecule has 0 aliphatic carbocycles. The molecule has 1 aromatic carbocycles. The first-order valence-electron chi connectivity index (χ1n) is 9.69. The van der Waals surface area contributed by atoms with Crippen molar-refractivity contribution in [3.8, 4) is 0 Å². The average molecular weight is 425 g/mol. The molecular weight excluding hydrogens is 395 g/mol. The zero-order valence-electron chi connectivity index (χ0n) is 17.4. The van der Waals surface area contributed by atoms with Crippen LogP contribution < -0.4 is 4.72 Å². The summed E-state index contributed by atoms with van der Waals surface area (Å²) in [4.78, 5) is 14.6. The summed E-state index contributed by atoms with van der Waals surface area (Å²) in [5, 5.41) is -0.300. The Balaban J connectivity index is 2.21. The number of hydrogen-bond donors (Lipinski definition) is 1. The van der Waals surface area contributed by atoms with Gasteiger partial charge in [0.25, 0.3) is 15.9 Å². The monoisotopic (exact) mass is 424 g/mol. The summed E-state index contributed by atoms with van der Waals surface area (Å²) in [5.41, 5.74) is 0.106. The molecular formula is C21H29FN2O4S. The number of carbonyl (C=O) groups excluding carboxylic acids is 1. The number of nitrogens with zero attached hydrogens (tertiary/aromatic N) is 1. The highest BCUT2D eigenvalue weighted by atomic mass is 32.2. The van der Waals surface area contributed by atoms with E-state index in [2.05, 4.69) is 11.6 Å². The van der Waals surface area contributed by atoms with E-state index >= 15 is 0 Å². The van der Waals surface area contributed by atoms with Crippen molar-refractivity contribution in [2.45, 2.75) is 64.1 Å². The van der Waals surface area contributed by atoms with Crippen molar-refractivity contribution < 1.29 is 22.0 Å². The van der Waals surface area contributed by atoms with E-state index in [1.165, 1.54) is 24.3 Å². The number of benzene rings is 1. The first-order chi connectivity index (χ1) is 13.5. The third-order valence-corrected chi connectivity index (χ3v) is 5.73. The highest BCUT2D eigenvalue weighted by Crippen LogP contribution is 2.19. The van der Waals surface area contributed by atoms with E-state index in [9.17, 15) is 17.6 Å². The third kappa shape index (κ3) is 6.97. The Labute approximate surface area is 172 Å². The molecule has 0 bridgehead atoms. The fourth-order valence-corrected chi connectivity index (χ4v) is 4.16. The van der Waals surface area contributed by atoms with E-state index in [-0.39, 0.29) is 23.2 Å². The van der Waals surface area contributed by atoms with Crippen LogP contribution in [0.5, 0.6) is 0 Å². The number of amides is 1. The Kier molecular flexibility index (Phi) is 7.60. The molecule has 8 heteroatoms. The molecule has 160 valence electrons. The van der Waals surface area contributed by atoms with Gasteiger partial charge in [0.05, 0.1) is 0 Å². The second-order valence-corrected chi connectivity index (χ2v) is 9.65. The molecule has 6 nitrogen and oxygen atoms in total. The van der Waals surface area contributed by atoms with E-state index in [1.54, 1.807) is 37.8 Å². The topological polar surface area (TPSA) is 79.6 Å². The Morgan fingerprint density at radius 3 is 2.34 bits per heavy atom. The van der Waals surface area contributed by atoms with Gasteiger partial charge >= 0.3 is 0 Å². The van der Waals surface area contributed by atoms with Crippen LogP contribution in [0, 0.1) is 5.82 Å². The average Bonchev–Trinajstić information content (AvgIpc) is 3.11. The molecule has 1 aromatic heterocycles. The van der Waals surface area contributed by atoms with Crippen LogP contribution in [0.1, 0.15) is 63.1 Å². The van der Waals surface area contributed by atoms with E-state index in [0.29, 0.717) is 6.54 Å². The van der Waals surface area contributed by atoms with Crippen LogP contribution in [0.15, 0.2) is 45.9 Å². The molecule has 1 N–H and O–H groups in total. The number of sulfonamides is 1. The quantitative estimate of drug-likeness (QED) is 0.608. The fourth-order valence-electron chi connectivity index (χ4n) is 2.80. The van der Waals surface area contributed by atoms with Gasteiger partial charge in [-0.3, -0.25) is 4.79 Å². The van der Waals surface area contributed by atoms with Gasteiger partial charge < -0.3 is 9.32 Å². The van der Waals surface area contributed by atoms with Gasteiger partial charge in [-0.25, -0.2) is 17.5 Å². The first kappa shape index (κ1) is 23.1. The normalized spacial score (nSPS) is 12.2. The zero-order valence-corrected chi connectivity index (χ0v) is 18.2. The van der Waals surface area contributed by atoms with Crippen molar-refractivity contribution in [1.82, 2.24) is 9.62 Å². The van der Waals surface area contributed by atoms with Crippen LogP contribution in [0.25, 0.3) is 0 Å². The van der Waals surface area contributed by atoms with E-state index in [4.69, 9.17) is 4.42 Å². The Hall–Kier alpha value is -2.19. The van der Waals surface area contributed by atoms with Crippen LogP contribution >= 0.6 is 0 Å². The van der Waals surface area contributed by atoms with Crippen LogP contribution in [0.4, 0.5) is 4.39 Å². The molecule has 1 amide bonds. The highest BCUT2D eigenvalue weighted by molar-refractivity contribution is 7.89. The number of rotatable bonds is 9. The lowest BCUT2D eigenvalue weighted by Gasteiger charge is -2.22. The number of halogens is 1. The number of unbranched alkanes of at least 4 members (excludes halogenated alkanes) is 2. The van der Waals surface area contributed by atoms with Crippen molar-refractivity contribution >= 4 is 15.9 Å². The second-order valence-electron chi connectivity index (χ2n) is 8.03. The molecule has 0 fully saturated rings. The summed E-state index contributed by atoms with van der Waals surface area (Å²) in [6.45, 7) is 8.00. The first-order valence-corrected chi connectivity index (χ1v) is 11.2. The summed E-state index contributed by atoms with van der Waals surface area (Å²) >= 11 is 0. The summed E-state index contributed by atoms with van der Waals surface area (Å²) in [7, 11) is -3.87. The Morgan fingerprint density at radius 1 is 1.10 bits per heavy atom. The van der Waals surface area contributed by atoms with Crippen molar-refractivity contribution in [1.29, 1.82) is 0 Å². The maximum Gasteiger partial charge on any atom is 0.289 e. The molecule has 0 spiro atoms. The minimum absolute atomic E-state index is 0.0436. The van der Waals surface area contributed by atoms with Crippen molar-refractivity contribution in [3.05, 3.63) is 53.5 Å². The number of nitrogens with one attached hydrogen (secondary N) is 1. The molecule has 2 rings (SSSR count). The third-order valence-electron chi connectivity index (χ3n) is 4.10. The van der Waals surface area contributed by atoms with Crippen LogP contribution in [0.2, 0.25) is 0 Å². The SMILES string of the molecule is CCCCCN(Cc1ccc(F)cc1)C(=O)c1ccc(S(=O)(=O)NC(C)(C)C)o1. The van der Waals surface area contributed by atoms with Crippen LogP contribution in [-0.4, -0.2) is 31.3 Å². The standard InChI is InChI=1S/C21H29FN2O4S/c1-5-6-7-14-24(15-16-8-10-17(22)11-9-16)20(25)18-12-13-19(28-18)29(26,27)23-21(2,3)4/h8-13,23H,5-7,14-15H2,1-4H3. The smallest absolute Gasteiger partial charge is 0.289 e. The number of furan rings is 1. The molecule has 2 aromatic rings. The van der Waals surface area contributed by atoms with Gasteiger partial charge in [0.1, 0.15) is 5.82 Å². The van der Waals surface area contributed by atoms with E-state index in [1.807, 2.05) is 0 Å². The minimum atomic E-state index is -3.87. The van der Waals surface area contributed by atoms with Crippen molar-refractivity contribution in [2.75, 3.05) is 6.54 Å². The summed E-state index contributed by atoms with van der Waals surface area (Å²) in [5.74, 6) is -0.787. The molecule has 0 unspecified atom stereocenters. The Morgan fingerprint density at radius 2 is 1.76 bits per heavy atom. The lowest BCUT2D eigenvalue weighted by Crippen LogP contribution is -2.40. The van der Waals surface area contributed by atoms with Gasteiger partial charge in [0, 0.05) is 18.6 Å². The fraction of sp³-hybridized carbons (Fsp3) is 0.476. The molecule has 1 heterocycles. The second kappa shape index (κ2) is 9.54. The van der Waals surface area contributed by atoms with Gasteiger partial charge in [-0.1, -0.05) is 31.9 Å². The van der Waals surface area contributed by atoms with E-state index in [0.717, 1.165) is 24.8 Å². The minimum Gasteiger partial charge on any atom is -0.438 e. The molecule has 0 saturated heterocycles. The number of hydrogen-bond acceptors (Lipinski definition) is 4. The van der Waals surface area contributed by atoms with Crippen LogP contribution in [-0.2, 0) is 16.6 Å². The molecule has 0 aliphatic heterocycles. The maximum absolute atomic E-state index is 13.2. The van der Waals surface area contributed by atoms with Gasteiger partial charge in [-0.15, -0.1) is 0 Å². The molecule has 0 saturated carbocycles. The van der Waals surface area contributed by atoms with Gasteiger partial charge in [-0.05, 0) is 57.0 Å². The van der Waals surface area contributed by atoms with E-state index < -0.39 is 21.5 Å². The molecule has 0 radical (unpaired) electrons. The summed E-state index contributed by atoms with van der Waals surface area (Å²) in [6.07, 6.45) is 2.77. The predicted molar refractivity (Wildman–Crippen MR) is 109 cm³/mol. The van der Waals surface area contributed by atoms with Gasteiger partial charge in [0.2, 0.25) is 5.09 Å². The van der Waals surface area contributed by atoms with Crippen molar-refractivity contribution in [2.24, 2.45) is 0 Å². The van der Waals surface area contributed by atoms with Crippen LogP contribution in [0.3, 0.4) is 0 Å². The summed E-state index contributed by atoms with van der Waals surface area (Å²) < 4.78 is 45.9. The largest absolute Gasteiger partial charge is 0.438 e.